The summed E-state index contributed by atoms with van der Waals surface area (Å²) in [7, 11) is -8.05. The molecule has 0 radical (unpaired) electrons. The van der Waals surface area contributed by atoms with Crippen LogP contribution in [0.15, 0.2) is 34.1 Å². The summed E-state index contributed by atoms with van der Waals surface area (Å²) in [4.78, 5) is -0.772. The minimum Gasteiger partial charge on any atom is -0.380 e. The van der Waals surface area contributed by atoms with E-state index >= 15 is 0 Å². The maximum Gasteiger partial charge on any atom is 0.241 e. The Morgan fingerprint density at radius 1 is 1.14 bits per heavy atom. The molecule has 0 aliphatic heterocycles. The minimum absolute atomic E-state index is 0.0774. The van der Waals surface area contributed by atoms with Crippen LogP contribution < -0.4 is 9.86 Å². The Morgan fingerprint density at radius 3 is 2.33 bits per heavy atom. The number of sulfonamides is 2. The van der Waals surface area contributed by atoms with Crippen molar-refractivity contribution in [2.45, 2.75) is 22.6 Å². The largest absolute Gasteiger partial charge is 0.380 e. The fourth-order valence-corrected chi connectivity index (χ4v) is 4.16. The number of hydrogen-bond donors (Lipinski definition) is 2. The summed E-state index contributed by atoms with van der Waals surface area (Å²) in [5.74, 6) is 0.602. The van der Waals surface area contributed by atoms with Gasteiger partial charge in [-0.25, -0.2) is 26.7 Å². The average molecular weight is 334 g/mol. The Balaban J connectivity index is 2.01. The lowest BCUT2D eigenvalue weighted by atomic mass is 10.4. The van der Waals surface area contributed by atoms with E-state index in [1.165, 1.54) is 18.2 Å². The number of nitrogens with two attached hydrogens (primary N) is 1. The molecular weight excluding hydrogens is 316 g/mol. The summed E-state index contributed by atoms with van der Waals surface area (Å²) in [5, 5.41) is 5.03. The molecule has 0 saturated heterocycles. The van der Waals surface area contributed by atoms with Crippen LogP contribution in [0, 0.1) is 5.92 Å². The van der Waals surface area contributed by atoms with Gasteiger partial charge in [-0.15, -0.1) is 0 Å². The van der Waals surface area contributed by atoms with Crippen molar-refractivity contribution in [2.24, 2.45) is 11.1 Å². The molecule has 2 rings (SSSR count). The molecule has 0 spiro atoms. The van der Waals surface area contributed by atoms with Crippen LogP contribution in [0.2, 0.25) is 0 Å². The van der Waals surface area contributed by atoms with E-state index in [0.717, 1.165) is 18.9 Å². The third-order valence-electron chi connectivity index (χ3n) is 3.03. The fourth-order valence-electron chi connectivity index (χ4n) is 1.77. The third kappa shape index (κ3) is 4.75. The second kappa shape index (κ2) is 6.41. The predicted molar refractivity (Wildman–Crippen MR) is 76.5 cm³/mol. The molecule has 1 aromatic carbocycles. The van der Waals surface area contributed by atoms with Gasteiger partial charge in [0.15, 0.2) is 0 Å². The Labute approximate surface area is 124 Å². The van der Waals surface area contributed by atoms with Gasteiger partial charge in [0, 0.05) is 13.2 Å². The quantitative estimate of drug-likeness (QED) is 0.651. The van der Waals surface area contributed by atoms with Gasteiger partial charge in [-0.1, -0.05) is 12.1 Å². The highest BCUT2D eigenvalue weighted by atomic mass is 32.2. The summed E-state index contributed by atoms with van der Waals surface area (Å²) < 4.78 is 54.7. The van der Waals surface area contributed by atoms with E-state index in [1.807, 2.05) is 0 Å². The summed E-state index contributed by atoms with van der Waals surface area (Å²) in [6.07, 6.45) is 2.32. The highest BCUT2D eigenvalue weighted by Crippen LogP contribution is 2.28. The molecule has 0 unspecified atom stereocenters. The van der Waals surface area contributed by atoms with Crippen molar-refractivity contribution in [3.63, 3.8) is 0 Å². The first kappa shape index (κ1) is 16.4. The van der Waals surface area contributed by atoms with E-state index in [4.69, 9.17) is 9.88 Å². The summed E-state index contributed by atoms with van der Waals surface area (Å²) in [6.45, 7) is 0.955. The van der Waals surface area contributed by atoms with Gasteiger partial charge in [0.2, 0.25) is 20.0 Å². The Kier molecular flexibility index (Phi) is 4.99. The maximum absolute atomic E-state index is 12.1. The van der Waals surface area contributed by atoms with Gasteiger partial charge in [-0.05, 0) is 30.9 Å². The molecule has 0 bridgehead atoms. The van der Waals surface area contributed by atoms with Gasteiger partial charge in [0.1, 0.15) is 9.79 Å². The molecule has 0 amide bonds. The number of ether oxygens (including phenoxy) is 1. The zero-order chi connectivity index (χ0) is 15.5. The lowest BCUT2D eigenvalue weighted by Crippen LogP contribution is -2.29. The van der Waals surface area contributed by atoms with E-state index < -0.39 is 24.9 Å². The molecule has 1 fully saturated rings. The number of nitrogens with one attached hydrogen (secondary N) is 1. The summed E-state index contributed by atoms with van der Waals surface area (Å²) >= 11 is 0. The Bertz CT molecular complexity index is 696. The van der Waals surface area contributed by atoms with Crippen molar-refractivity contribution < 1.29 is 21.6 Å². The Hall–Kier alpha value is -1.00. The molecule has 1 aliphatic rings. The SMILES string of the molecule is NS(=O)(=O)c1ccccc1S(=O)(=O)NCCOCC1CC1. The topological polar surface area (TPSA) is 116 Å². The van der Waals surface area contributed by atoms with Crippen molar-refractivity contribution in [1.29, 1.82) is 0 Å². The zero-order valence-electron chi connectivity index (χ0n) is 11.4. The molecule has 118 valence electrons. The van der Waals surface area contributed by atoms with Gasteiger partial charge in [-0.3, -0.25) is 0 Å². The number of rotatable bonds is 8. The molecule has 1 saturated carbocycles. The molecule has 0 heterocycles. The smallest absolute Gasteiger partial charge is 0.241 e. The molecule has 0 aromatic heterocycles. The highest BCUT2D eigenvalue weighted by molar-refractivity contribution is 7.92. The van der Waals surface area contributed by atoms with Crippen molar-refractivity contribution >= 4 is 20.0 Å². The third-order valence-corrected chi connectivity index (χ3v) is 5.65. The molecule has 7 nitrogen and oxygen atoms in total. The minimum atomic E-state index is -4.11. The number of primary sulfonamides is 1. The lowest BCUT2D eigenvalue weighted by Gasteiger charge is -2.10. The van der Waals surface area contributed by atoms with E-state index in [1.54, 1.807) is 0 Å². The van der Waals surface area contributed by atoms with Gasteiger partial charge in [-0.2, -0.15) is 0 Å². The molecule has 1 aromatic rings. The second-order valence-corrected chi connectivity index (χ2v) is 8.17. The van der Waals surface area contributed by atoms with Crippen LogP contribution in [-0.4, -0.2) is 36.6 Å². The lowest BCUT2D eigenvalue weighted by molar-refractivity contribution is 0.129. The van der Waals surface area contributed by atoms with Crippen LogP contribution in [0.1, 0.15) is 12.8 Å². The fraction of sp³-hybridized carbons (Fsp3) is 0.500. The molecule has 21 heavy (non-hydrogen) atoms. The van der Waals surface area contributed by atoms with Crippen molar-refractivity contribution in [3.05, 3.63) is 24.3 Å². The first-order valence-corrected chi connectivity index (χ1v) is 9.53. The molecule has 9 heteroatoms. The van der Waals surface area contributed by atoms with E-state index in [-0.39, 0.29) is 18.0 Å². The van der Waals surface area contributed by atoms with Crippen molar-refractivity contribution in [2.75, 3.05) is 19.8 Å². The standard InChI is InChI=1S/C12H18N2O5S2/c13-20(15,16)11-3-1-2-4-12(11)21(17,18)14-7-8-19-9-10-5-6-10/h1-4,10,14H,5-9H2,(H2,13,15,16). The first-order chi connectivity index (χ1) is 9.81. The Morgan fingerprint density at radius 2 is 1.76 bits per heavy atom. The average Bonchev–Trinajstić information content (AvgIpc) is 3.21. The van der Waals surface area contributed by atoms with Crippen LogP contribution in [0.4, 0.5) is 0 Å². The molecule has 3 N–H and O–H groups in total. The maximum atomic E-state index is 12.1. The van der Waals surface area contributed by atoms with Crippen LogP contribution in [0.3, 0.4) is 0 Å². The van der Waals surface area contributed by atoms with Crippen LogP contribution >= 0.6 is 0 Å². The summed E-state index contributed by atoms with van der Waals surface area (Å²) in [5.41, 5.74) is 0. The normalized spacial score (nSPS) is 16.0. The van der Waals surface area contributed by atoms with Crippen molar-refractivity contribution in [1.82, 2.24) is 4.72 Å². The zero-order valence-corrected chi connectivity index (χ0v) is 13.0. The molecule has 0 atom stereocenters. The molecule has 1 aliphatic carbocycles. The molecular formula is C12H18N2O5S2. The van der Waals surface area contributed by atoms with Gasteiger partial charge < -0.3 is 4.74 Å². The predicted octanol–water partition coefficient (Wildman–Crippen LogP) is 0.0389. The monoisotopic (exact) mass is 334 g/mol. The van der Waals surface area contributed by atoms with Gasteiger partial charge in [0.25, 0.3) is 0 Å². The van der Waals surface area contributed by atoms with E-state index in [2.05, 4.69) is 4.72 Å². The van der Waals surface area contributed by atoms with E-state index in [9.17, 15) is 16.8 Å². The van der Waals surface area contributed by atoms with Gasteiger partial charge >= 0.3 is 0 Å². The number of benzene rings is 1. The summed E-state index contributed by atoms with van der Waals surface area (Å²) in [6, 6.07) is 5.21. The van der Waals surface area contributed by atoms with Gasteiger partial charge in [0.05, 0.1) is 6.61 Å². The van der Waals surface area contributed by atoms with Crippen LogP contribution in [-0.2, 0) is 24.8 Å². The second-order valence-electron chi connectivity index (χ2n) is 4.91. The van der Waals surface area contributed by atoms with Crippen LogP contribution in [0.5, 0.6) is 0 Å². The number of hydrogen-bond acceptors (Lipinski definition) is 5. The first-order valence-electron chi connectivity index (χ1n) is 6.50. The van der Waals surface area contributed by atoms with Crippen molar-refractivity contribution in [3.8, 4) is 0 Å². The van der Waals surface area contributed by atoms with E-state index in [0.29, 0.717) is 12.5 Å². The highest BCUT2D eigenvalue weighted by Gasteiger charge is 2.24. The van der Waals surface area contributed by atoms with Crippen LogP contribution in [0.25, 0.3) is 0 Å².